The average molecular weight is 373 g/mol. The molecule has 5 nitrogen and oxygen atoms in total. The Labute approximate surface area is 164 Å². The predicted octanol–water partition coefficient (Wildman–Crippen LogP) is 5.26. The minimum absolute atomic E-state index is 0.140. The summed E-state index contributed by atoms with van der Waals surface area (Å²) in [6.45, 7) is 2.91. The molecule has 0 radical (unpaired) electrons. The maximum absolute atomic E-state index is 11.5. The highest BCUT2D eigenvalue weighted by molar-refractivity contribution is 5.84. The van der Waals surface area contributed by atoms with Gasteiger partial charge in [-0.15, -0.1) is 0 Å². The predicted molar refractivity (Wildman–Crippen MR) is 113 cm³/mol. The van der Waals surface area contributed by atoms with Crippen molar-refractivity contribution in [1.29, 1.82) is 0 Å². The second kappa shape index (κ2) is 7.80. The van der Waals surface area contributed by atoms with Crippen molar-refractivity contribution in [3.8, 4) is 0 Å². The van der Waals surface area contributed by atoms with Crippen molar-refractivity contribution in [2.75, 3.05) is 18.0 Å². The lowest BCUT2D eigenvalue weighted by Crippen LogP contribution is -2.28. The number of nitro groups is 1. The summed E-state index contributed by atoms with van der Waals surface area (Å²) in [7, 11) is 0. The van der Waals surface area contributed by atoms with E-state index in [1.165, 1.54) is 0 Å². The number of nitrogens with zero attached hydrogens (tertiary/aromatic N) is 3. The van der Waals surface area contributed by atoms with Gasteiger partial charge in [-0.05, 0) is 30.2 Å². The Morgan fingerprint density at radius 2 is 1.86 bits per heavy atom. The van der Waals surface area contributed by atoms with E-state index in [4.69, 9.17) is 4.98 Å². The maximum Gasteiger partial charge on any atom is 0.214 e. The lowest BCUT2D eigenvalue weighted by Gasteiger charge is -2.33. The molecule has 0 saturated heterocycles. The molecular formula is C23H23N3O2. The lowest BCUT2D eigenvalue weighted by molar-refractivity contribution is -0.481. The third-order valence-corrected chi connectivity index (χ3v) is 5.27. The van der Waals surface area contributed by atoms with E-state index in [1.807, 2.05) is 54.6 Å². The minimum Gasteiger partial charge on any atom is -0.347 e. The first kappa shape index (κ1) is 18.2. The fraction of sp³-hybridized carbons (Fsp3) is 0.261. The molecule has 1 aliphatic rings. The zero-order valence-electron chi connectivity index (χ0n) is 15.9. The molecule has 1 aromatic heterocycles. The standard InChI is InChI=1S/C23H23N3O2/c1-2-3-14-25-15-20(22-13-12-17-8-4-6-10-21(17)24-22)19(16-26(27)28)18-9-5-7-11-23(18)25/h4-13,15,19H,2-3,14,16H2,1H3/t19-/m0/s1. The van der Waals surface area contributed by atoms with Crippen LogP contribution in [0.3, 0.4) is 0 Å². The molecule has 3 aromatic rings. The van der Waals surface area contributed by atoms with Crippen LogP contribution < -0.4 is 4.90 Å². The molecule has 0 amide bonds. The fourth-order valence-electron chi connectivity index (χ4n) is 3.87. The molecule has 142 valence electrons. The Balaban J connectivity index is 1.85. The number of fused-ring (bicyclic) bond motifs is 2. The number of pyridine rings is 1. The van der Waals surface area contributed by atoms with E-state index in [1.54, 1.807) is 0 Å². The largest absolute Gasteiger partial charge is 0.347 e. The molecule has 0 aliphatic carbocycles. The molecule has 2 heterocycles. The van der Waals surface area contributed by atoms with E-state index in [2.05, 4.69) is 24.1 Å². The highest BCUT2D eigenvalue weighted by Gasteiger charge is 2.32. The van der Waals surface area contributed by atoms with E-state index in [0.717, 1.165) is 52.8 Å². The van der Waals surface area contributed by atoms with Gasteiger partial charge in [0.15, 0.2) is 0 Å². The first-order valence-electron chi connectivity index (χ1n) is 9.72. The number of anilines is 1. The molecule has 0 N–H and O–H groups in total. The van der Waals surface area contributed by atoms with Gasteiger partial charge in [-0.25, -0.2) is 4.98 Å². The molecular weight excluding hydrogens is 350 g/mol. The number of hydrogen-bond acceptors (Lipinski definition) is 4. The van der Waals surface area contributed by atoms with E-state index in [9.17, 15) is 10.1 Å². The molecule has 0 bridgehead atoms. The van der Waals surface area contributed by atoms with Crippen LogP contribution in [0.15, 0.2) is 66.9 Å². The Morgan fingerprint density at radius 1 is 1.07 bits per heavy atom. The molecule has 0 fully saturated rings. The number of unbranched alkanes of at least 4 members (excludes halogenated alkanes) is 1. The summed E-state index contributed by atoms with van der Waals surface area (Å²) in [6.07, 6.45) is 4.22. The number of hydrogen-bond donors (Lipinski definition) is 0. The quantitative estimate of drug-likeness (QED) is 0.437. The minimum atomic E-state index is -0.308. The number of aromatic nitrogens is 1. The topological polar surface area (TPSA) is 59.3 Å². The molecule has 0 unspecified atom stereocenters. The second-order valence-electron chi connectivity index (χ2n) is 7.15. The van der Waals surface area contributed by atoms with Crippen LogP contribution in [-0.2, 0) is 0 Å². The molecule has 28 heavy (non-hydrogen) atoms. The Bertz CT molecular complexity index is 1040. The first-order valence-corrected chi connectivity index (χ1v) is 9.72. The summed E-state index contributed by atoms with van der Waals surface area (Å²) in [5, 5.41) is 12.5. The first-order chi connectivity index (χ1) is 13.7. The van der Waals surface area contributed by atoms with E-state index in [0.29, 0.717) is 0 Å². The summed E-state index contributed by atoms with van der Waals surface area (Å²) in [5.74, 6) is -0.308. The smallest absolute Gasteiger partial charge is 0.214 e. The third-order valence-electron chi connectivity index (χ3n) is 5.27. The normalized spacial score (nSPS) is 16.0. The zero-order valence-corrected chi connectivity index (χ0v) is 15.9. The second-order valence-corrected chi connectivity index (χ2v) is 7.15. The van der Waals surface area contributed by atoms with Crippen molar-refractivity contribution in [3.63, 3.8) is 0 Å². The van der Waals surface area contributed by atoms with Crippen molar-refractivity contribution < 1.29 is 4.92 Å². The molecule has 5 heteroatoms. The summed E-state index contributed by atoms with van der Waals surface area (Å²) in [5.41, 5.74) is 4.69. The van der Waals surface area contributed by atoms with Gasteiger partial charge in [0.2, 0.25) is 6.54 Å². The van der Waals surface area contributed by atoms with Crippen molar-refractivity contribution in [3.05, 3.63) is 88.2 Å². The summed E-state index contributed by atoms with van der Waals surface area (Å²) in [4.78, 5) is 18.3. The lowest BCUT2D eigenvalue weighted by atomic mass is 9.85. The van der Waals surface area contributed by atoms with Crippen LogP contribution >= 0.6 is 0 Å². The van der Waals surface area contributed by atoms with Crippen molar-refractivity contribution in [2.45, 2.75) is 25.7 Å². The highest BCUT2D eigenvalue weighted by atomic mass is 16.6. The zero-order chi connectivity index (χ0) is 19.5. The molecule has 2 aromatic carbocycles. The fourth-order valence-corrected chi connectivity index (χ4v) is 3.87. The maximum atomic E-state index is 11.5. The molecule has 1 atom stereocenters. The van der Waals surface area contributed by atoms with Gasteiger partial charge < -0.3 is 4.90 Å². The Hall–Kier alpha value is -3.21. The van der Waals surface area contributed by atoms with Crippen LogP contribution in [0.1, 0.15) is 36.9 Å². The average Bonchev–Trinajstić information content (AvgIpc) is 2.72. The summed E-state index contributed by atoms with van der Waals surface area (Å²) in [6, 6.07) is 20.0. The third kappa shape index (κ3) is 3.48. The summed E-state index contributed by atoms with van der Waals surface area (Å²) >= 11 is 0. The molecule has 0 saturated carbocycles. The van der Waals surface area contributed by atoms with Crippen LogP contribution in [0, 0.1) is 10.1 Å². The molecule has 4 rings (SSSR count). The van der Waals surface area contributed by atoms with Crippen LogP contribution in [0.4, 0.5) is 5.69 Å². The monoisotopic (exact) mass is 373 g/mol. The van der Waals surface area contributed by atoms with Gasteiger partial charge in [-0.2, -0.15) is 0 Å². The van der Waals surface area contributed by atoms with Crippen molar-refractivity contribution in [1.82, 2.24) is 4.98 Å². The van der Waals surface area contributed by atoms with Crippen LogP contribution in [0.25, 0.3) is 16.5 Å². The van der Waals surface area contributed by atoms with Gasteiger partial charge in [0.1, 0.15) is 0 Å². The Morgan fingerprint density at radius 3 is 2.68 bits per heavy atom. The van der Waals surface area contributed by atoms with Gasteiger partial charge in [0.05, 0.1) is 17.1 Å². The van der Waals surface area contributed by atoms with Crippen LogP contribution in [-0.4, -0.2) is 23.0 Å². The number of rotatable bonds is 6. The van der Waals surface area contributed by atoms with E-state index >= 15 is 0 Å². The number of benzene rings is 2. The van der Waals surface area contributed by atoms with Crippen LogP contribution in [0.5, 0.6) is 0 Å². The Kier molecular flexibility index (Phi) is 5.06. The SMILES string of the molecule is CCCCN1C=C(c2ccc3ccccc3n2)[C@@H](C[N+](=O)[O-])c2ccccc21. The summed E-state index contributed by atoms with van der Waals surface area (Å²) < 4.78 is 0. The highest BCUT2D eigenvalue weighted by Crippen LogP contribution is 2.42. The van der Waals surface area contributed by atoms with Gasteiger partial charge >= 0.3 is 0 Å². The van der Waals surface area contributed by atoms with E-state index < -0.39 is 0 Å². The molecule has 1 aliphatic heterocycles. The van der Waals surface area contributed by atoms with Gasteiger partial charge in [0, 0.05) is 34.3 Å². The van der Waals surface area contributed by atoms with Crippen molar-refractivity contribution in [2.24, 2.45) is 0 Å². The van der Waals surface area contributed by atoms with Gasteiger partial charge in [-0.3, -0.25) is 10.1 Å². The van der Waals surface area contributed by atoms with E-state index in [-0.39, 0.29) is 17.4 Å². The molecule has 0 spiro atoms. The van der Waals surface area contributed by atoms with Crippen molar-refractivity contribution >= 4 is 22.2 Å². The van der Waals surface area contributed by atoms with Gasteiger partial charge in [0.25, 0.3) is 0 Å². The number of para-hydroxylation sites is 2. The van der Waals surface area contributed by atoms with Crippen LogP contribution in [0.2, 0.25) is 0 Å². The van der Waals surface area contributed by atoms with Gasteiger partial charge in [-0.1, -0.05) is 55.8 Å².